The molecule has 0 radical (unpaired) electrons. The first kappa shape index (κ1) is 19.2. The van der Waals surface area contributed by atoms with Gasteiger partial charge in [-0.15, -0.1) is 0 Å². The minimum Gasteiger partial charge on any atom is -0.288 e. The van der Waals surface area contributed by atoms with Crippen LogP contribution in [0.1, 0.15) is 26.3 Å². The number of hydrogen-bond donors (Lipinski definition) is 0. The average molecular weight is 395 g/mol. The van der Waals surface area contributed by atoms with Crippen molar-refractivity contribution < 1.29 is 19.2 Å². The summed E-state index contributed by atoms with van der Waals surface area (Å²) < 4.78 is 0. The lowest BCUT2D eigenvalue weighted by molar-refractivity contribution is -0.132. The SMILES string of the molecule is Cc1ccc(N2C(=O)C(=O)C(C(=O)c3ccccc3)=C2C(=O)c2ccccc2)cc1. The molecule has 0 unspecified atom stereocenters. The van der Waals surface area contributed by atoms with Gasteiger partial charge in [-0.05, 0) is 19.1 Å². The molecule has 1 amide bonds. The Bertz CT molecular complexity index is 1190. The molecule has 1 aliphatic rings. The van der Waals surface area contributed by atoms with Gasteiger partial charge in [-0.1, -0.05) is 78.4 Å². The zero-order valence-corrected chi connectivity index (χ0v) is 16.2. The Balaban J connectivity index is 1.94. The van der Waals surface area contributed by atoms with Crippen LogP contribution in [0.5, 0.6) is 0 Å². The number of carbonyl (C=O) groups excluding carboxylic acids is 4. The third-order valence-corrected chi connectivity index (χ3v) is 4.89. The van der Waals surface area contributed by atoms with E-state index >= 15 is 0 Å². The van der Waals surface area contributed by atoms with Crippen LogP contribution >= 0.6 is 0 Å². The number of rotatable bonds is 5. The van der Waals surface area contributed by atoms with Crippen LogP contribution in [-0.2, 0) is 9.59 Å². The zero-order valence-electron chi connectivity index (χ0n) is 16.2. The van der Waals surface area contributed by atoms with E-state index in [1.807, 2.05) is 6.92 Å². The van der Waals surface area contributed by atoms with Crippen molar-refractivity contribution in [1.82, 2.24) is 0 Å². The Labute approximate surface area is 173 Å². The molecule has 0 spiro atoms. The normalized spacial score (nSPS) is 13.7. The lowest BCUT2D eigenvalue weighted by Crippen LogP contribution is -2.31. The van der Waals surface area contributed by atoms with Crippen LogP contribution in [0, 0.1) is 6.92 Å². The van der Waals surface area contributed by atoms with Crippen LogP contribution in [0.3, 0.4) is 0 Å². The number of hydrogen-bond acceptors (Lipinski definition) is 4. The number of carbonyl (C=O) groups is 4. The Morgan fingerprint density at radius 1 is 0.667 bits per heavy atom. The Morgan fingerprint density at radius 3 is 1.70 bits per heavy atom. The maximum Gasteiger partial charge on any atom is 0.304 e. The molecule has 3 aromatic rings. The number of allylic oxidation sites excluding steroid dienone is 1. The summed E-state index contributed by atoms with van der Waals surface area (Å²) in [4.78, 5) is 53.4. The van der Waals surface area contributed by atoms with Crippen LogP contribution < -0.4 is 4.90 Å². The molecule has 0 aromatic heterocycles. The molecule has 30 heavy (non-hydrogen) atoms. The average Bonchev–Trinajstić information content (AvgIpc) is 3.05. The van der Waals surface area contributed by atoms with Crippen molar-refractivity contribution in [2.24, 2.45) is 0 Å². The summed E-state index contributed by atoms with van der Waals surface area (Å²) >= 11 is 0. The van der Waals surface area contributed by atoms with E-state index in [4.69, 9.17) is 0 Å². The van der Waals surface area contributed by atoms with Crippen molar-refractivity contribution >= 4 is 28.9 Å². The Morgan fingerprint density at radius 2 is 1.17 bits per heavy atom. The highest BCUT2D eigenvalue weighted by Gasteiger charge is 2.45. The highest BCUT2D eigenvalue weighted by molar-refractivity contribution is 6.59. The van der Waals surface area contributed by atoms with Gasteiger partial charge in [0, 0.05) is 16.8 Å². The lowest BCUT2D eigenvalue weighted by atomic mass is 9.97. The van der Waals surface area contributed by atoms with Gasteiger partial charge in [0.25, 0.3) is 5.78 Å². The second-order valence-corrected chi connectivity index (χ2v) is 6.92. The predicted octanol–water partition coefficient (Wildman–Crippen LogP) is 3.93. The summed E-state index contributed by atoms with van der Waals surface area (Å²) in [5, 5.41) is 0. The molecule has 4 rings (SSSR count). The quantitative estimate of drug-likeness (QED) is 0.373. The molecule has 146 valence electrons. The monoisotopic (exact) mass is 395 g/mol. The second kappa shape index (κ2) is 7.72. The van der Waals surface area contributed by atoms with E-state index in [1.54, 1.807) is 84.9 Å². The van der Waals surface area contributed by atoms with Gasteiger partial charge < -0.3 is 0 Å². The molecule has 1 heterocycles. The maximum absolute atomic E-state index is 13.4. The summed E-state index contributed by atoms with van der Waals surface area (Å²) in [6, 6.07) is 23.3. The highest BCUT2D eigenvalue weighted by Crippen LogP contribution is 2.32. The first-order valence-electron chi connectivity index (χ1n) is 9.38. The van der Waals surface area contributed by atoms with Crippen LogP contribution in [0.2, 0.25) is 0 Å². The van der Waals surface area contributed by atoms with Crippen molar-refractivity contribution in [1.29, 1.82) is 0 Å². The molecule has 0 bridgehead atoms. The maximum atomic E-state index is 13.4. The number of Topliss-reactive ketones (excluding diaryl/α,β-unsaturated/α-hetero) is 3. The van der Waals surface area contributed by atoms with E-state index in [0.717, 1.165) is 10.5 Å². The minimum absolute atomic E-state index is 0.214. The molecule has 0 aliphatic carbocycles. The van der Waals surface area contributed by atoms with Gasteiger partial charge in [0.1, 0.15) is 11.3 Å². The molecule has 0 atom stereocenters. The molecular formula is C25H17NO4. The van der Waals surface area contributed by atoms with Crippen molar-refractivity contribution in [2.75, 3.05) is 4.90 Å². The van der Waals surface area contributed by atoms with Crippen molar-refractivity contribution in [3.05, 3.63) is 113 Å². The number of anilines is 1. The first-order chi connectivity index (χ1) is 14.5. The Hall–Kier alpha value is -4.12. The molecule has 3 aromatic carbocycles. The third kappa shape index (κ3) is 3.26. The van der Waals surface area contributed by atoms with Crippen molar-refractivity contribution in [3.8, 4) is 0 Å². The van der Waals surface area contributed by atoms with E-state index in [0.29, 0.717) is 5.69 Å². The summed E-state index contributed by atoms with van der Waals surface area (Å²) in [6.45, 7) is 1.89. The summed E-state index contributed by atoms with van der Waals surface area (Å²) in [7, 11) is 0. The summed E-state index contributed by atoms with van der Waals surface area (Å²) in [5.74, 6) is -3.11. The van der Waals surface area contributed by atoms with Gasteiger partial charge in [0.15, 0.2) is 5.78 Å². The number of aryl methyl sites for hydroxylation is 1. The molecule has 0 fully saturated rings. The largest absolute Gasteiger partial charge is 0.304 e. The molecule has 0 saturated heterocycles. The second-order valence-electron chi connectivity index (χ2n) is 6.92. The smallest absolute Gasteiger partial charge is 0.288 e. The van der Waals surface area contributed by atoms with Gasteiger partial charge >= 0.3 is 5.91 Å². The third-order valence-electron chi connectivity index (χ3n) is 4.89. The Kier molecular flexibility index (Phi) is 4.94. The van der Waals surface area contributed by atoms with Gasteiger partial charge in [0.05, 0.1) is 0 Å². The van der Waals surface area contributed by atoms with E-state index in [2.05, 4.69) is 0 Å². The fraction of sp³-hybridized carbons (Fsp3) is 0.0400. The van der Waals surface area contributed by atoms with E-state index in [1.165, 1.54) is 0 Å². The fourth-order valence-corrected chi connectivity index (χ4v) is 3.36. The minimum atomic E-state index is -0.983. The molecule has 1 aliphatic heterocycles. The predicted molar refractivity (Wildman–Crippen MR) is 112 cm³/mol. The molecule has 0 saturated carbocycles. The van der Waals surface area contributed by atoms with Gasteiger partial charge in [0.2, 0.25) is 5.78 Å². The van der Waals surface area contributed by atoms with Crippen LogP contribution in [0.25, 0.3) is 0 Å². The van der Waals surface area contributed by atoms with E-state index in [-0.39, 0.29) is 16.8 Å². The van der Waals surface area contributed by atoms with Crippen molar-refractivity contribution in [3.63, 3.8) is 0 Å². The van der Waals surface area contributed by atoms with Gasteiger partial charge in [-0.25, -0.2) is 0 Å². The molecular weight excluding hydrogens is 378 g/mol. The number of amides is 1. The number of benzene rings is 3. The zero-order chi connectivity index (χ0) is 21.3. The lowest BCUT2D eigenvalue weighted by Gasteiger charge is -2.19. The highest BCUT2D eigenvalue weighted by atomic mass is 16.2. The van der Waals surface area contributed by atoms with Gasteiger partial charge in [-0.2, -0.15) is 0 Å². The van der Waals surface area contributed by atoms with Crippen molar-refractivity contribution in [2.45, 2.75) is 6.92 Å². The van der Waals surface area contributed by atoms with Crippen LogP contribution in [0.15, 0.2) is 96.2 Å². The molecule has 5 heteroatoms. The first-order valence-corrected chi connectivity index (χ1v) is 9.38. The topological polar surface area (TPSA) is 71.5 Å². The molecule has 0 N–H and O–H groups in total. The molecule has 5 nitrogen and oxygen atoms in total. The van der Waals surface area contributed by atoms with Crippen LogP contribution in [0.4, 0.5) is 5.69 Å². The standard InChI is InChI=1S/C25H17NO4/c1-16-12-14-19(15-13-16)26-21(23(28)18-10-6-3-7-11-18)20(24(29)25(26)30)22(27)17-8-4-2-5-9-17/h2-15H,1H3. The van der Waals surface area contributed by atoms with E-state index in [9.17, 15) is 19.2 Å². The summed E-state index contributed by atoms with van der Waals surface area (Å²) in [5.41, 5.74) is 1.21. The fourth-order valence-electron chi connectivity index (χ4n) is 3.36. The van der Waals surface area contributed by atoms with E-state index < -0.39 is 28.8 Å². The van der Waals surface area contributed by atoms with Crippen LogP contribution in [-0.4, -0.2) is 23.3 Å². The van der Waals surface area contributed by atoms with Gasteiger partial charge in [-0.3, -0.25) is 24.1 Å². The number of nitrogens with zero attached hydrogens (tertiary/aromatic N) is 1. The summed E-state index contributed by atoms with van der Waals surface area (Å²) in [6.07, 6.45) is 0. The number of ketones is 3.